The Hall–Kier alpha value is -1.80. The lowest BCUT2D eigenvalue weighted by molar-refractivity contribution is 0.597. The van der Waals surface area contributed by atoms with Gasteiger partial charge in [-0.05, 0) is 29.5 Å². The van der Waals surface area contributed by atoms with Crippen molar-refractivity contribution < 1.29 is 8.42 Å². The maximum atomic E-state index is 11.4. The van der Waals surface area contributed by atoms with Crippen molar-refractivity contribution in [2.24, 2.45) is 5.14 Å². The number of aromatic nitrogens is 4. The quantitative estimate of drug-likeness (QED) is 0.829. The van der Waals surface area contributed by atoms with Crippen LogP contribution in [0.5, 0.6) is 0 Å². The molecule has 0 aliphatic rings. The van der Waals surface area contributed by atoms with Gasteiger partial charge in [-0.2, -0.15) is 0 Å². The Labute approximate surface area is 98.3 Å². The lowest BCUT2D eigenvalue weighted by Crippen LogP contribution is -2.14. The van der Waals surface area contributed by atoms with E-state index in [-0.39, 0.29) is 4.90 Å². The third-order valence-corrected chi connectivity index (χ3v) is 3.23. The third-order valence-electron chi connectivity index (χ3n) is 2.27. The van der Waals surface area contributed by atoms with E-state index in [4.69, 9.17) is 5.14 Å². The van der Waals surface area contributed by atoms with E-state index in [0.29, 0.717) is 17.9 Å². The van der Waals surface area contributed by atoms with Crippen LogP contribution in [0.2, 0.25) is 0 Å². The second kappa shape index (κ2) is 4.22. The van der Waals surface area contributed by atoms with Crippen LogP contribution < -0.4 is 5.14 Å². The molecule has 0 radical (unpaired) electrons. The van der Waals surface area contributed by atoms with Crippen LogP contribution in [0, 0.1) is 0 Å². The van der Waals surface area contributed by atoms with Gasteiger partial charge in [0.2, 0.25) is 10.0 Å². The molecule has 0 saturated heterocycles. The summed E-state index contributed by atoms with van der Waals surface area (Å²) in [5, 5.41) is 16.2. The van der Waals surface area contributed by atoms with Crippen molar-refractivity contribution in [3.8, 4) is 11.4 Å². The highest BCUT2D eigenvalue weighted by atomic mass is 32.2. The molecule has 7 nitrogen and oxygen atoms in total. The molecule has 0 unspecified atom stereocenters. The molecule has 0 aliphatic carbocycles. The first-order valence-electron chi connectivity index (χ1n) is 4.92. The van der Waals surface area contributed by atoms with E-state index in [1.807, 2.05) is 6.92 Å². The maximum absolute atomic E-state index is 11.4. The summed E-state index contributed by atoms with van der Waals surface area (Å²) in [7, 11) is -3.79. The van der Waals surface area contributed by atoms with Crippen molar-refractivity contribution in [2.75, 3.05) is 0 Å². The summed E-state index contributed by atoms with van der Waals surface area (Å²) < 4.78 is 24.4. The Morgan fingerprint density at radius 1 is 1.35 bits per heavy atom. The highest BCUT2D eigenvalue weighted by molar-refractivity contribution is 7.89. The zero-order chi connectivity index (χ0) is 12.5. The van der Waals surface area contributed by atoms with Crippen molar-refractivity contribution in [2.45, 2.75) is 18.4 Å². The minimum Gasteiger partial charge on any atom is -0.226 e. The Kier molecular flexibility index (Phi) is 2.90. The number of primary sulfonamides is 1. The number of rotatable bonds is 3. The molecule has 2 N–H and O–H groups in total. The van der Waals surface area contributed by atoms with Gasteiger partial charge in [-0.15, -0.1) is 5.10 Å². The fourth-order valence-corrected chi connectivity index (χ4v) is 2.24. The highest BCUT2D eigenvalue weighted by Gasteiger charge is 2.18. The van der Waals surface area contributed by atoms with Crippen LogP contribution in [0.4, 0.5) is 0 Å². The number of sulfonamides is 1. The summed E-state index contributed by atoms with van der Waals surface area (Å²) in [5.41, 5.74) is 0.404. The van der Waals surface area contributed by atoms with Gasteiger partial charge in [0, 0.05) is 12.1 Å². The SMILES string of the molecule is CCn1nnnc1-c1ccccc1S(N)(=O)=O. The number of aryl methyl sites for hydroxylation is 1. The molecule has 2 rings (SSSR count). The van der Waals surface area contributed by atoms with E-state index >= 15 is 0 Å². The number of nitrogens with two attached hydrogens (primary N) is 1. The molecule has 0 atom stereocenters. The van der Waals surface area contributed by atoms with Crippen molar-refractivity contribution >= 4 is 10.0 Å². The zero-order valence-electron chi connectivity index (χ0n) is 9.11. The predicted molar refractivity (Wildman–Crippen MR) is 60.3 cm³/mol. The molecule has 0 fully saturated rings. The van der Waals surface area contributed by atoms with Gasteiger partial charge in [0.25, 0.3) is 0 Å². The van der Waals surface area contributed by atoms with Gasteiger partial charge in [-0.25, -0.2) is 18.2 Å². The molecule has 8 heteroatoms. The smallest absolute Gasteiger partial charge is 0.226 e. The van der Waals surface area contributed by atoms with Crippen LogP contribution in [0.1, 0.15) is 6.92 Å². The van der Waals surface area contributed by atoms with Gasteiger partial charge in [0.15, 0.2) is 5.82 Å². The number of nitrogens with zero attached hydrogens (tertiary/aromatic N) is 4. The van der Waals surface area contributed by atoms with Crippen LogP contribution in [-0.4, -0.2) is 28.6 Å². The van der Waals surface area contributed by atoms with Gasteiger partial charge in [-0.3, -0.25) is 0 Å². The summed E-state index contributed by atoms with van der Waals surface area (Å²) in [5.74, 6) is 0.386. The number of benzene rings is 1. The summed E-state index contributed by atoms with van der Waals surface area (Å²) in [6.07, 6.45) is 0. The van der Waals surface area contributed by atoms with Crippen molar-refractivity contribution in [3.05, 3.63) is 24.3 Å². The number of hydrogen-bond acceptors (Lipinski definition) is 5. The van der Waals surface area contributed by atoms with Crippen molar-refractivity contribution in [1.82, 2.24) is 20.2 Å². The fourth-order valence-electron chi connectivity index (χ4n) is 1.51. The van der Waals surface area contributed by atoms with E-state index in [0.717, 1.165) is 0 Å². The molecule has 0 spiro atoms. The molecular weight excluding hydrogens is 242 g/mol. The lowest BCUT2D eigenvalue weighted by Gasteiger charge is -2.06. The van der Waals surface area contributed by atoms with Gasteiger partial charge in [0.1, 0.15) is 0 Å². The molecule has 1 heterocycles. The predicted octanol–water partition coefficient (Wildman–Crippen LogP) is 0.00740. The van der Waals surface area contributed by atoms with Crippen molar-refractivity contribution in [1.29, 1.82) is 0 Å². The van der Waals surface area contributed by atoms with E-state index in [1.165, 1.54) is 10.7 Å². The van der Waals surface area contributed by atoms with Crippen LogP contribution >= 0.6 is 0 Å². The largest absolute Gasteiger partial charge is 0.238 e. The van der Waals surface area contributed by atoms with Crippen LogP contribution in [0.25, 0.3) is 11.4 Å². The Balaban J connectivity index is 2.69. The first kappa shape index (κ1) is 11.7. The van der Waals surface area contributed by atoms with E-state index in [2.05, 4.69) is 15.5 Å². The monoisotopic (exact) mass is 253 g/mol. The highest BCUT2D eigenvalue weighted by Crippen LogP contribution is 2.23. The maximum Gasteiger partial charge on any atom is 0.238 e. The topological polar surface area (TPSA) is 104 Å². The van der Waals surface area contributed by atoms with Gasteiger partial charge in [-0.1, -0.05) is 12.1 Å². The number of hydrogen-bond donors (Lipinski definition) is 1. The van der Waals surface area contributed by atoms with Crippen LogP contribution in [0.15, 0.2) is 29.2 Å². The molecule has 0 amide bonds. The molecule has 1 aromatic heterocycles. The molecular formula is C9H11N5O2S. The summed E-state index contributed by atoms with van der Waals surface area (Å²) >= 11 is 0. The van der Waals surface area contributed by atoms with E-state index in [1.54, 1.807) is 18.2 Å². The zero-order valence-corrected chi connectivity index (χ0v) is 9.92. The molecule has 2 aromatic rings. The van der Waals surface area contributed by atoms with Crippen molar-refractivity contribution in [3.63, 3.8) is 0 Å². The minimum absolute atomic E-state index is 0.0181. The molecule has 90 valence electrons. The molecule has 0 aliphatic heterocycles. The van der Waals surface area contributed by atoms with Gasteiger partial charge < -0.3 is 0 Å². The summed E-state index contributed by atoms with van der Waals surface area (Å²) in [4.78, 5) is 0.0181. The first-order chi connectivity index (χ1) is 8.04. The summed E-state index contributed by atoms with van der Waals surface area (Å²) in [6.45, 7) is 2.40. The van der Waals surface area contributed by atoms with E-state index in [9.17, 15) is 8.42 Å². The van der Waals surface area contributed by atoms with Crippen LogP contribution in [0.3, 0.4) is 0 Å². The minimum atomic E-state index is -3.79. The van der Waals surface area contributed by atoms with Crippen LogP contribution in [-0.2, 0) is 16.6 Å². The third kappa shape index (κ3) is 2.17. The lowest BCUT2D eigenvalue weighted by atomic mass is 10.2. The number of tetrazole rings is 1. The molecule has 0 bridgehead atoms. The second-order valence-corrected chi connectivity index (χ2v) is 4.89. The van der Waals surface area contributed by atoms with E-state index < -0.39 is 10.0 Å². The van der Waals surface area contributed by atoms with Gasteiger partial charge >= 0.3 is 0 Å². The summed E-state index contributed by atoms with van der Waals surface area (Å²) in [6, 6.07) is 6.36. The standard InChI is InChI=1S/C9H11N5O2S/c1-2-14-9(11-12-13-14)7-5-3-4-6-8(7)17(10,15)16/h3-6H,2H2,1H3,(H2,10,15,16). The average Bonchev–Trinajstić information content (AvgIpc) is 2.75. The Bertz CT molecular complexity index is 634. The second-order valence-electron chi connectivity index (χ2n) is 3.36. The molecule has 1 aromatic carbocycles. The van der Waals surface area contributed by atoms with Gasteiger partial charge in [0.05, 0.1) is 4.90 Å². The molecule has 0 saturated carbocycles. The normalized spacial score (nSPS) is 11.6. The average molecular weight is 253 g/mol. The Morgan fingerprint density at radius 3 is 2.71 bits per heavy atom. The fraction of sp³-hybridized carbons (Fsp3) is 0.222. The Morgan fingerprint density at radius 2 is 2.06 bits per heavy atom. The first-order valence-corrected chi connectivity index (χ1v) is 6.47. The molecule has 17 heavy (non-hydrogen) atoms.